The van der Waals surface area contributed by atoms with Crippen LogP contribution in [0, 0.1) is 11.6 Å². The number of β-amino-alcohol motifs (C(OH)–C–C–N with tert-alkyl or cyclic N) is 1. The number of piperidine rings is 1. The second-order valence-electron chi connectivity index (χ2n) is 10.9. The standard InChI is InChI=1S/C30H28F2N4O4/c1-17-13-30(40,21-3-5-22(31)6-4-21)16-35(17)14-19-10-11-33-27(26(19)32)18-2-7-23-20(12-18)15-36(29(23)39)24-8-9-25(37)34-28(24)38/h2-7,10-12,17,24,40H,8-9,13-16H2,1H3,(H,34,37,38). The number of amides is 3. The molecular formula is C30H28F2N4O4. The van der Waals surface area contributed by atoms with E-state index < -0.39 is 23.4 Å². The Bertz CT molecular complexity index is 1530. The van der Waals surface area contributed by atoms with Crippen LogP contribution in [0.1, 0.15) is 53.2 Å². The number of nitrogens with one attached hydrogen (secondary N) is 1. The van der Waals surface area contributed by atoms with Crippen molar-refractivity contribution in [2.24, 2.45) is 0 Å². The second-order valence-corrected chi connectivity index (χ2v) is 10.9. The zero-order valence-electron chi connectivity index (χ0n) is 21.9. The van der Waals surface area contributed by atoms with Crippen molar-refractivity contribution in [3.63, 3.8) is 0 Å². The summed E-state index contributed by atoms with van der Waals surface area (Å²) in [4.78, 5) is 44.6. The number of aromatic nitrogens is 1. The van der Waals surface area contributed by atoms with E-state index in [9.17, 15) is 23.9 Å². The summed E-state index contributed by atoms with van der Waals surface area (Å²) in [5.41, 5.74) is 1.63. The maximum absolute atomic E-state index is 15.8. The van der Waals surface area contributed by atoms with Crippen molar-refractivity contribution in [3.8, 4) is 11.3 Å². The Morgan fingerprint density at radius 1 is 1.10 bits per heavy atom. The van der Waals surface area contributed by atoms with E-state index in [4.69, 9.17) is 0 Å². The minimum absolute atomic E-state index is 0.0460. The van der Waals surface area contributed by atoms with Gasteiger partial charge in [-0.3, -0.25) is 29.6 Å². The third kappa shape index (κ3) is 4.56. The van der Waals surface area contributed by atoms with Gasteiger partial charge in [0.05, 0.1) is 0 Å². The fourth-order valence-corrected chi connectivity index (χ4v) is 6.10. The van der Waals surface area contributed by atoms with Crippen molar-refractivity contribution in [2.75, 3.05) is 6.54 Å². The van der Waals surface area contributed by atoms with Gasteiger partial charge in [-0.25, -0.2) is 8.78 Å². The number of carbonyl (C=O) groups excluding carboxylic acids is 3. The number of halogens is 2. The average Bonchev–Trinajstić information content (AvgIpc) is 3.40. The predicted octanol–water partition coefficient (Wildman–Crippen LogP) is 3.27. The maximum atomic E-state index is 15.8. The molecule has 2 aromatic carbocycles. The van der Waals surface area contributed by atoms with Crippen LogP contribution in [-0.4, -0.2) is 56.2 Å². The van der Waals surface area contributed by atoms with Crippen molar-refractivity contribution < 1.29 is 28.3 Å². The lowest BCUT2D eigenvalue weighted by molar-refractivity contribution is -0.136. The number of hydrogen-bond acceptors (Lipinski definition) is 6. The summed E-state index contributed by atoms with van der Waals surface area (Å²) < 4.78 is 29.2. The molecule has 1 aromatic heterocycles. The SMILES string of the molecule is CC1CC(O)(c2ccc(F)cc2)CN1Cc1ccnc(-c2ccc3c(c2)CN(C2CCC(=O)NC2=O)C3=O)c1F. The van der Waals surface area contributed by atoms with E-state index in [2.05, 4.69) is 10.3 Å². The molecule has 3 aromatic rings. The summed E-state index contributed by atoms with van der Waals surface area (Å²) in [5, 5.41) is 13.6. The number of rotatable bonds is 5. The van der Waals surface area contributed by atoms with E-state index in [1.807, 2.05) is 11.8 Å². The molecule has 8 nitrogen and oxygen atoms in total. The molecular weight excluding hydrogens is 518 g/mol. The maximum Gasteiger partial charge on any atom is 0.255 e. The molecule has 3 amide bonds. The molecule has 10 heteroatoms. The number of imide groups is 1. The highest BCUT2D eigenvalue weighted by molar-refractivity contribution is 6.05. The lowest BCUT2D eigenvalue weighted by atomic mass is 9.91. The molecule has 0 spiro atoms. The van der Waals surface area contributed by atoms with Crippen LogP contribution in [0.2, 0.25) is 0 Å². The Morgan fingerprint density at radius 2 is 1.88 bits per heavy atom. The van der Waals surface area contributed by atoms with Crippen LogP contribution in [0.4, 0.5) is 8.78 Å². The van der Waals surface area contributed by atoms with E-state index in [1.54, 1.807) is 36.4 Å². The Hall–Kier alpha value is -4.02. The quantitative estimate of drug-likeness (QED) is 0.477. The number of carbonyl (C=O) groups is 3. The number of hydrogen-bond donors (Lipinski definition) is 2. The van der Waals surface area contributed by atoms with Gasteiger partial charge in [-0.15, -0.1) is 0 Å². The normalized spacial score (nSPS) is 24.9. The summed E-state index contributed by atoms with van der Waals surface area (Å²) in [5.74, 6) is -1.99. The van der Waals surface area contributed by atoms with Gasteiger partial charge in [-0.05, 0) is 61.2 Å². The van der Waals surface area contributed by atoms with Gasteiger partial charge in [0.15, 0.2) is 5.82 Å². The molecule has 0 aliphatic carbocycles. The second kappa shape index (κ2) is 9.87. The van der Waals surface area contributed by atoms with Crippen LogP contribution in [0.3, 0.4) is 0 Å². The average molecular weight is 547 g/mol. The van der Waals surface area contributed by atoms with Gasteiger partial charge in [0.2, 0.25) is 11.8 Å². The fraction of sp³-hybridized carbons (Fsp3) is 0.333. The van der Waals surface area contributed by atoms with Crippen molar-refractivity contribution in [3.05, 3.63) is 88.6 Å². The molecule has 0 radical (unpaired) electrons. The van der Waals surface area contributed by atoms with Crippen LogP contribution >= 0.6 is 0 Å². The molecule has 2 fully saturated rings. The predicted molar refractivity (Wildman–Crippen MR) is 140 cm³/mol. The summed E-state index contributed by atoms with van der Waals surface area (Å²) in [6.07, 6.45) is 2.40. The first-order valence-electron chi connectivity index (χ1n) is 13.3. The molecule has 3 atom stereocenters. The molecule has 4 heterocycles. The molecule has 40 heavy (non-hydrogen) atoms. The summed E-state index contributed by atoms with van der Waals surface area (Å²) in [6.45, 7) is 2.67. The number of pyridine rings is 1. The third-order valence-corrected chi connectivity index (χ3v) is 8.24. The van der Waals surface area contributed by atoms with Crippen LogP contribution < -0.4 is 5.32 Å². The number of aliphatic hydroxyl groups is 1. The van der Waals surface area contributed by atoms with Gasteiger partial charge < -0.3 is 10.0 Å². The first kappa shape index (κ1) is 26.2. The third-order valence-electron chi connectivity index (χ3n) is 8.24. The van der Waals surface area contributed by atoms with E-state index in [0.29, 0.717) is 34.2 Å². The Morgan fingerprint density at radius 3 is 2.62 bits per heavy atom. The van der Waals surface area contributed by atoms with Crippen molar-refractivity contribution in [2.45, 2.75) is 57.0 Å². The Labute approximate surface area is 229 Å². The smallest absolute Gasteiger partial charge is 0.255 e. The van der Waals surface area contributed by atoms with Crippen LogP contribution in [-0.2, 0) is 28.3 Å². The van der Waals surface area contributed by atoms with Crippen LogP contribution in [0.25, 0.3) is 11.3 Å². The van der Waals surface area contributed by atoms with E-state index >= 15 is 4.39 Å². The number of fused-ring (bicyclic) bond motifs is 1. The molecule has 6 rings (SSSR count). The lowest BCUT2D eigenvalue weighted by Gasteiger charge is -2.29. The largest absolute Gasteiger partial charge is 0.384 e. The van der Waals surface area contributed by atoms with Gasteiger partial charge in [0.25, 0.3) is 5.91 Å². The number of benzene rings is 2. The molecule has 0 bridgehead atoms. The molecule has 0 saturated carbocycles. The van der Waals surface area contributed by atoms with E-state index in [1.165, 1.54) is 23.2 Å². The zero-order chi connectivity index (χ0) is 28.2. The van der Waals surface area contributed by atoms with Gasteiger partial charge in [-0.2, -0.15) is 0 Å². The van der Waals surface area contributed by atoms with Crippen molar-refractivity contribution >= 4 is 17.7 Å². The van der Waals surface area contributed by atoms with Gasteiger partial charge in [0, 0.05) is 55.0 Å². The van der Waals surface area contributed by atoms with Crippen molar-refractivity contribution in [1.29, 1.82) is 0 Å². The number of nitrogens with zero attached hydrogens (tertiary/aromatic N) is 3. The lowest BCUT2D eigenvalue weighted by Crippen LogP contribution is -2.52. The molecule has 3 aliphatic heterocycles. The molecule has 3 unspecified atom stereocenters. The van der Waals surface area contributed by atoms with Crippen molar-refractivity contribution in [1.82, 2.24) is 20.1 Å². The molecule has 206 valence electrons. The van der Waals surface area contributed by atoms with Crippen LogP contribution in [0.15, 0.2) is 54.7 Å². The first-order chi connectivity index (χ1) is 19.1. The summed E-state index contributed by atoms with van der Waals surface area (Å²) >= 11 is 0. The fourth-order valence-electron chi connectivity index (χ4n) is 6.10. The van der Waals surface area contributed by atoms with Gasteiger partial charge >= 0.3 is 0 Å². The van der Waals surface area contributed by atoms with Gasteiger partial charge in [-0.1, -0.05) is 18.2 Å². The van der Waals surface area contributed by atoms with E-state index in [-0.39, 0.29) is 61.8 Å². The minimum atomic E-state index is -1.17. The first-order valence-corrected chi connectivity index (χ1v) is 13.3. The number of likely N-dealkylation sites (tertiary alicyclic amines) is 1. The van der Waals surface area contributed by atoms with E-state index in [0.717, 1.165) is 0 Å². The minimum Gasteiger partial charge on any atom is -0.384 e. The molecule has 3 aliphatic rings. The molecule has 2 N–H and O–H groups in total. The zero-order valence-corrected chi connectivity index (χ0v) is 21.9. The van der Waals surface area contributed by atoms with Crippen LogP contribution in [0.5, 0.6) is 0 Å². The topological polar surface area (TPSA) is 103 Å². The highest BCUT2D eigenvalue weighted by atomic mass is 19.1. The Kier molecular flexibility index (Phi) is 6.47. The molecule has 2 saturated heterocycles. The monoisotopic (exact) mass is 546 g/mol. The van der Waals surface area contributed by atoms with Gasteiger partial charge in [0.1, 0.15) is 23.2 Å². The Balaban J connectivity index is 1.22. The summed E-state index contributed by atoms with van der Waals surface area (Å²) in [7, 11) is 0. The highest BCUT2D eigenvalue weighted by Crippen LogP contribution is 2.38. The summed E-state index contributed by atoms with van der Waals surface area (Å²) in [6, 6.07) is 11.6. The highest BCUT2D eigenvalue weighted by Gasteiger charge is 2.42.